The smallest absolute Gasteiger partial charge is 0.352 e. The summed E-state index contributed by atoms with van der Waals surface area (Å²) in [4.78, 5) is 39.7. The van der Waals surface area contributed by atoms with E-state index in [0.717, 1.165) is 0 Å². The Balaban J connectivity index is 1.60. The van der Waals surface area contributed by atoms with E-state index in [1.807, 2.05) is 18.9 Å². The van der Waals surface area contributed by atoms with Crippen LogP contribution in [-0.2, 0) is 9.59 Å². The summed E-state index contributed by atoms with van der Waals surface area (Å²) in [5.74, 6) is -2.10. The maximum atomic E-state index is 12.4. The highest BCUT2D eigenvalue weighted by Gasteiger charge is 2.59. The fraction of sp³-hybridized carbons (Fsp3) is 0.500. The van der Waals surface area contributed by atoms with Crippen molar-refractivity contribution in [3.63, 3.8) is 0 Å². The fourth-order valence-corrected chi connectivity index (χ4v) is 4.52. The number of benzene rings is 1. The number of carboxylic acids is 1. The summed E-state index contributed by atoms with van der Waals surface area (Å²) < 4.78 is 0. The van der Waals surface area contributed by atoms with Crippen LogP contribution in [-0.4, -0.2) is 75.1 Å². The zero-order valence-corrected chi connectivity index (χ0v) is 17.4. The first-order chi connectivity index (χ1) is 14.1. The number of likely N-dealkylation sites (N-methyl/N-ethyl adjacent to an activating group) is 1. The number of rotatable bonds is 9. The first-order valence-corrected chi connectivity index (χ1v) is 10.1. The van der Waals surface area contributed by atoms with Crippen LogP contribution < -0.4 is 0 Å². The van der Waals surface area contributed by atoms with Crippen molar-refractivity contribution >= 4 is 17.7 Å². The lowest BCUT2D eigenvalue weighted by atomic mass is 9.77. The number of Topliss-reactive ketones (excluding diaryl/α,β-unsaturated/α-hetero) is 1. The van der Waals surface area contributed by atoms with E-state index in [1.54, 1.807) is 19.1 Å². The van der Waals surface area contributed by atoms with Crippen molar-refractivity contribution in [3.05, 3.63) is 41.1 Å². The molecule has 0 radical (unpaired) electrons. The molecule has 1 saturated heterocycles. The Morgan fingerprint density at radius 1 is 1.23 bits per heavy atom. The predicted molar refractivity (Wildman–Crippen MR) is 109 cm³/mol. The Morgan fingerprint density at radius 2 is 1.87 bits per heavy atom. The molecule has 3 rings (SSSR count). The van der Waals surface area contributed by atoms with E-state index in [4.69, 9.17) is 0 Å². The summed E-state index contributed by atoms with van der Waals surface area (Å²) in [6.45, 7) is 4.42. The van der Waals surface area contributed by atoms with Gasteiger partial charge in [0.2, 0.25) is 5.91 Å². The number of aliphatic hydroxyl groups excluding tert-OH is 1. The molecule has 0 bridgehead atoms. The molecule has 0 aromatic heterocycles. The van der Waals surface area contributed by atoms with Crippen LogP contribution in [0.25, 0.3) is 0 Å². The van der Waals surface area contributed by atoms with Crippen LogP contribution >= 0.6 is 0 Å². The summed E-state index contributed by atoms with van der Waals surface area (Å²) in [6, 6.07) is 5.82. The number of aliphatic carboxylic acids is 1. The van der Waals surface area contributed by atoms with Crippen LogP contribution in [0.3, 0.4) is 0 Å². The molecule has 8 heteroatoms. The molecule has 1 amide bonds. The summed E-state index contributed by atoms with van der Waals surface area (Å²) in [7, 11) is 1.85. The van der Waals surface area contributed by atoms with Crippen molar-refractivity contribution in [1.82, 2.24) is 9.80 Å². The number of aromatic hydroxyl groups is 1. The molecule has 1 aromatic carbocycles. The van der Waals surface area contributed by atoms with Gasteiger partial charge in [0.25, 0.3) is 0 Å². The summed E-state index contributed by atoms with van der Waals surface area (Å²) in [6.07, 6.45) is 0.120. The molecule has 1 aromatic rings. The number of hydrogen-bond acceptors (Lipinski definition) is 6. The molecular formula is C22H28N2O6. The lowest BCUT2D eigenvalue weighted by Crippen LogP contribution is -2.63. The van der Waals surface area contributed by atoms with Gasteiger partial charge in [-0.05, 0) is 56.8 Å². The van der Waals surface area contributed by atoms with Crippen LogP contribution in [0, 0.1) is 11.8 Å². The molecule has 162 valence electrons. The molecular weight excluding hydrogens is 388 g/mol. The Labute approximate surface area is 175 Å². The van der Waals surface area contributed by atoms with Gasteiger partial charge < -0.3 is 25.1 Å². The Bertz CT molecular complexity index is 876. The second-order valence-corrected chi connectivity index (χ2v) is 8.24. The number of hydrogen-bond donors (Lipinski definition) is 3. The molecule has 3 N–H and O–H groups in total. The number of amides is 1. The molecule has 0 unspecified atom stereocenters. The van der Waals surface area contributed by atoms with E-state index in [1.165, 1.54) is 17.0 Å². The Hall–Kier alpha value is -2.71. The highest BCUT2D eigenvalue weighted by Crippen LogP contribution is 2.47. The molecule has 8 nitrogen and oxygen atoms in total. The molecule has 0 spiro atoms. The van der Waals surface area contributed by atoms with Crippen molar-refractivity contribution in [2.75, 3.05) is 20.1 Å². The first-order valence-electron chi connectivity index (χ1n) is 10.1. The summed E-state index contributed by atoms with van der Waals surface area (Å²) in [5, 5.41) is 28.9. The number of carboxylic acid groups (broad SMARTS) is 1. The van der Waals surface area contributed by atoms with Crippen molar-refractivity contribution < 1.29 is 29.7 Å². The molecule has 4 atom stereocenters. The third kappa shape index (κ3) is 3.97. The van der Waals surface area contributed by atoms with Gasteiger partial charge in [0, 0.05) is 24.4 Å². The van der Waals surface area contributed by atoms with Crippen LogP contribution in [0.15, 0.2) is 35.5 Å². The van der Waals surface area contributed by atoms with Gasteiger partial charge in [-0.1, -0.05) is 6.92 Å². The molecule has 2 heterocycles. The zero-order chi connectivity index (χ0) is 22.2. The molecule has 30 heavy (non-hydrogen) atoms. The second kappa shape index (κ2) is 8.57. The number of fused-ring (bicyclic) bond motifs is 1. The molecule has 0 saturated carbocycles. The van der Waals surface area contributed by atoms with Crippen molar-refractivity contribution in [3.8, 4) is 5.75 Å². The first kappa shape index (κ1) is 22.0. The highest BCUT2D eigenvalue weighted by atomic mass is 16.4. The second-order valence-electron chi connectivity index (χ2n) is 8.24. The zero-order valence-electron chi connectivity index (χ0n) is 17.4. The van der Waals surface area contributed by atoms with E-state index >= 15 is 0 Å². The molecule has 2 aliphatic rings. The van der Waals surface area contributed by atoms with E-state index in [2.05, 4.69) is 0 Å². The monoisotopic (exact) mass is 416 g/mol. The van der Waals surface area contributed by atoms with E-state index in [0.29, 0.717) is 37.1 Å². The third-order valence-electron chi connectivity index (χ3n) is 6.09. The number of phenols is 1. The normalized spacial score (nSPS) is 24.1. The molecule has 2 aliphatic heterocycles. The van der Waals surface area contributed by atoms with Gasteiger partial charge in [-0.25, -0.2) is 4.79 Å². The predicted octanol–water partition coefficient (Wildman–Crippen LogP) is 1.48. The highest BCUT2D eigenvalue weighted by molar-refractivity contribution is 6.00. The lowest BCUT2D eigenvalue weighted by molar-refractivity contribution is -0.163. The minimum absolute atomic E-state index is 0.0161. The van der Waals surface area contributed by atoms with Crippen molar-refractivity contribution in [2.45, 2.75) is 38.8 Å². The Kier molecular flexibility index (Phi) is 6.28. The van der Waals surface area contributed by atoms with Gasteiger partial charge in [0.05, 0.1) is 18.1 Å². The standard InChI is InChI=1S/C22H28N2O6/c1-12-16(20(22(29)30)24-19(12)18(13(2)25)21(24)28)11-23(3)10-4-5-17(27)14-6-8-15(26)9-7-14/h6-9,12-13,18-19,25-26H,4-5,10-11H2,1-3H3,(H,29,30)/t12-,13+,18+,19+/m0/s1. The van der Waals surface area contributed by atoms with Gasteiger partial charge >= 0.3 is 5.97 Å². The number of phenolic OH excluding ortho intramolecular Hbond substituents is 1. The Morgan fingerprint density at radius 3 is 2.43 bits per heavy atom. The maximum absolute atomic E-state index is 12.4. The number of ketones is 1. The number of nitrogens with zero attached hydrogens (tertiary/aromatic N) is 2. The minimum Gasteiger partial charge on any atom is -0.508 e. The number of carbonyl (C=O) groups is 3. The van der Waals surface area contributed by atoms with Gasteiger partial charge in [-0.3, -0.25) is 9.59 Å². The van der Waals surface area contributed by atoms with Gasteiger partial charge in [-0.2, -0.15) is 0 Å². The quantitative estimate of drug-likeness (QED) is 0.412. The van der Waals surface area contributed by atoms with Crippen LogP contribution in [0.1, 0.15) is 37.0 Å². The van der Waals surface area contributed by atoms with Crippen molar-refractivity contribution in [2.24, 2.45) is 11.8 Å². The molecule has 1 fully saturated rings. The van der Waals surface area contributed by atoms with Gasteiger partial charge in [0.15, 0.2) is 5.78 Å². The SMILES string of the molecule is C[C@@H](O)[C@H]1C(=O)N2C(C(=O)O)=C(CN(C)CCCC(=O)c3ccc(O)cc3)[C@H](C)[C@H]12. The largest absolute Gasteiger partial charge is 0.508 e. The summed E-state index contributed by atoms with van der Waals surface area (Å²) in [5.41, 5.74) is 1.25. The van der Waals surface area contributed by atoms with E-state index in [9.17, 15) is 29.7 Å². The van der Waals surface area contributed by atoms with Gasteiger partial charge in [0.1, 0.15) is 11.4 Å². The fourth-order valence-electron chi connectivity index (χ4n) is 4.52. The van der Waals surface area contributed by atoms with Crippen LogP contribution in [0.4, 0.5) is 0 Å². The average Bonchev–Trinajstić information content (AvgIpc) is 2.91. The lowest BCUT2D eigenvalue weighted by Gasteiger charge is -2.46. The summed E-state index contributed by atoms with van der Waals surface area (Å²) >= 11 is 0. The minimum atomic E-state index is -1.13. The topological polar surface area (TPSA) is 118 Å². The maximum Gasteiger partial charge on any atom is 0.352 e. The number of aliphatic hydroxyl groups is 1. The average molecular weight is 416 g/mol. The van der Waals surface area contributed by atoms with Crippen LogP contribution in [0.5, 0.6) is 5.75 Å². The third-order valence-corrected chi connectivity index (χ3v) is 6.09. The van der Waals surface area contributed by atoms with Crippen LogP contribution in [0.2, 0.25) is 0 Å². The van der Waals surface area contributed by atoms with E-state index < -0.39 is 18.0 Å². The van der Waals surface area contributed by atoms with Crippen molar-refractivity contribution in [1.29, 1.82) is 0 Å². The molecule has 0 aliphatic carbocycles. The van der Waals surface area contributed by atoms with Gasteiger partial charge in [-0.15, -0.1) is 0 Å². The van der Waals surface area contributed by atoms with E-state index in [-0.39, 0.29) is 35.1 Å². The number of carbonyl (C=O) groups excluding carboxylic acids is 2. The number of β-lactam (4-membered cyclic amide) rings is 1.